The number of rotatable bonds is 4. The van der Waals surface area contributed by atoms with Crippen LogP contribution in [0.25, 0.3) is 0 Å². The molecule has 0 bridgehead atoms. The quantitative estimate of drug-likeness (QED) is 0.600. The van der Waals surface area contributed by atoms with Gasteiger partial charge in [0.1, 0.15) is 0 Å². The topological polar surface area (TPSA) is 62.2 Å². The SMILES string of the molecule is Cc1ccncc1NC(=O)c1ccc2c(c1)CCC1C[C@H](O)CC[C@@]21Cc1ccccc1. The highest BCUT2D eigenvalue weighted by atomic mass is 16.3. The van der Waals surface area contributed by atoms with E-state index in [2.05, 4.69) is 52.8 Å². The fraction of sp³-hybridized carbons (Fsp3) is 0.357. The van der Waals surface area contributed by atoms with Crippen LogP contribution in [-0.2, 0) is 18.3 Å². The number of hydrogen-bond donors (Lipinski definition) is 2. The lowest BCUT2D eigenvalue weighted by Crippen LogP contribution is -2.47. The first-order valence-electron chi connectivity index (χ1n) is 11.6. The summed E-state index contributed by atoms with van der Waals surface area (Å²) in [6.07, 6.45) is 8.92. The molecule has 1 unspecified atom stereocenters. The Morgan fingerprint density at radius 1 is 1.16 bits per heavy atom. The number of hydrogen-bond acceptors (Lipinski definition) is 3. The molecular weight excluding hydrogens is 396 g/mol. The van der Waals surface area contributed by atoms with Gasteiger partial charge in [0.05, 0.1) is 18.0 Å². The number of amides is 1. The fourth-order valence-corrected chi connectivity index (χ4v) is 5.88. The van der Waals surface area contributed by atoms with Crippen molar-refractivity contribution < 1.29 is 9.90 Å². The third-order valence-corrected chi connectivity index (χ3v) is 7.58. The first-order valence-corrected chi connectivity index (χ1v) is 11.6. The van der Waals surface area contributed by atoms with Gasteiger partial charge in [0, 0.05) is 17.2 Å². The van der Waals surface area contributed by atoms with Crippen molar-refractivity contribution in [2.24, 2.45) is 5.92 Å². The maximum atomic E-state index is 13.0. The van der Waals surface area contributed by atoms with Crippen LogP contribution in [0.2, 0.25) is 0 Å². The van der Waals surface area contributed by atoms with Gasteiger partial charge in [-0.15, -0.1) is 0 Å². The number of aromatic nitrogens is 1. The van der Waals surface area contributed by atoms with Gasteiger partial charge >= 0.3 is 0 Å². The van der Waals surface area contributed by atoms with Crippen LogP contribution in [-0.4, -0.2) is 22.1 Å². The Balaban J connectivity index is 1.48. The smallest absolute Gasteiger partial charge is 0.255 e. The van der Waals surface area contributed by atoms with Crippen LogP contribution in [0, 0.1) is 12.8 Å². The molecule has 2 aliphatic rings. The van der Waals surface area contributed by atoms with Gasteiger partial charge in [0.25, 0.3) is 5.91 Å². The summed E-state index contributed by atoms with van der Waals surface area (Å²) in [4.78, 5) is 17.1. The number of carbonyl (C=O) groups excluding carboxylic acids is 1. The second-order valence-electron chi connectivity index (χ2n) is 9.50. The third-order valence-electron chi connectivity index (χ3n) is 7.58. The van der Waals surface area contributed by atoms with E-state index in [4.69, 9.17) is 0 Å². The summed E-state index contributed by atoms with van der Waals surface area (Å²) in [7, 11) is 0. The molecule has 2 aliphatic carbocycles. The van der Waals surface area contributed by atoms with Crippen molar-refractivity contribution in [1.29, 1.82) is 0 Å². The number of carbonyl (C=O) groups is 1. The highest BCUT2D eigenvalue weighted by Gasteiger charge is 2.47. The molecule has 1 aromatic heterocycles. The maximum absolute atomic E-state index is 13.0. The van der Waals surface area contributed by atoms with Crippen molar-refractivity contribution in [3.63, 3.8) is 0 Å². The first kappa shape index (κ1) is 20.9. The van der Waals surface area contributed by atoms with E-state index in [0.717, 1.165) is 49.8 Å². The van der Waals surface area contributed by atoms with Crippen molar-refractivity contribution in [3.05, 3.63) is 94.8 Å². The van der Waals surface area contributed by atoms with Crippen LogP contribution < -0.4 is 5.32 Å². The number of aliphatic hydroxyl groups excluding tert-OH is 1. The summed E-state index contributed by atoms with van der Waals surface area (Å²) in [5.74, 6) is 0.374. The van der Waals surface area contributed by atoms with Crippen LogP contribution in [0.3, 0.4) is 0 Å². The average Bonchev–Trinajstić information content (AvgIpc) is 2.81. The molecule has 0 saturated heterocycles. The number of nitrogens with zero attached hydrogens (tertiary/aromatic N) is 1. The second kappa shape index (κ2) is 8.51. The minimum absolute atomic E-state index is 0.0309. The molecule has 1 heterocycles. The zero-order valence-electron chi connectivity index (χ0n) is 18.6. The minimum Gasteiger partial charge on any atom is -0.393 e. The number of fused-ring (bicyclic) bond motifs is 3. The fourth-order valence-electron chi connectivity index (χ4n) is 5.88. The van der Waals surface area contributed by atoms with E-state index in [1.165, 1.54) is 16.7 Å². The summed E-state index contributed by atoms with van der Waals surface area (Å²) in [6, 6.07) is 18.8. The summed E-state index contributed by atoms with van der Waals surface area (Å²) in [5.41, 5.74) is 6.46. The molecule has 4 heteroatoms. The van der Waals surface area contributed by atoms with Crippen LogP contribution in [0.15, 0.2) is 67.0 Å². The molecule has 2 aromatic carbocycles. The van der Waals surface area contributed by atoms with E-state index < -0.39 is 0 Å². The van der Waals surface area contributed by atoms with E-state index >= 15 is 0 Å². The number of anilines is 1. The molecule has 1 fully saturated rings. The van der Waals surface area contributed by atoms with E-state index in [1.54, 1.807) is 12.4 Å². The van der Waals surface area contributed by atoms with Gasteiger partial charge in [0.2, 0.25) is 0 Å². The van der Waals surface area contributed by atoms with Gasteiger partial charge in [0.15, 0.2) is 0 Å². The van der Waals surface area contributed by atoms with Crippen LogP contribution in [0.4, 0.5) is 5.69 Å². The largest absolute Gasteiger partial charge is 0.393 e. The highest BCUT2D eigenvalue weighted by Crippen LogP contribution is 2.52. The first-order chi connectivity index (χ1) is 15.5. The number of nitrogens with one attached hydrogen (secondary N) is 1. The monoisotopic (exact) mass is 426 g/mol. The lowest BCUT2D eigenvalue weighted by Gasteiger charge is -2.50. The number of pyridine rings is 1. The normalized spacial score (nSPS) is 24.3. The molecule has 4 nitrogen and oxygen atoms in total. The molecule has 0 radical (unpaired) electrons. The Bertz CT molecular complexity index is 1130. The Hall–Kier alpha value is -2.98. The average molecular weight is 427 g/mol. The molecule has 3 atom stereocenters. The van der Waals surface area contributed by atoms with Crippen molar-refractivity contribution in [3.8, 4) is 0 Å². The molecule has 0 spiro atoms. The predicted molar refractivity (Wildman–Crippen MR) is 127 cm³/mol. The minimum atomic E-state index is -0.196. The number of aliphatic hydroxyl groups is 1. The molecular formula is C28H30N2O2. The zero-order valence-corrected chi connectivity index (χ0v) is 18.6. The van der Waals surface area contributed by atoms with E-state index in [0.29, 0.717) is 11.5 Å². The standard InChI is InChI=1S/C28H30N2O2/c1-19-12-14-29-18-26(19)30-27(32)22-8-10-25-21(15-22)7-9-23-16-24(31)11-13-28(23,25)17-20-5-3-2-4-6-20/h2-6,8,10,12,14-15,18,23-24,31H,7,9,11,13,16-17H2,1H3,(H,30,32)/t23?,24-,28+/m1/s1. The Labute approximate surface area is 189 Å². The van der Waals surface area contributed by atoms with Gasteiger partial charge in [-0.1, -0.05) is 36.4 Å². The third kappa shape index (κ3) is 3.84. The zero-order chi connectivity index (χ0) is 22.1. The second-order valence-corrected chi connectivity index (χ2v) is 9.50. The van der Waals surface area contributed by atoms with E-state index in [-0.39, 0.29) is 17.4 Å². The van der Waals surface area contributed by atoms with Gasteiger partial charge in [-0.3, -0.25) is 9.78 Å². The summed E-state index contributed by atoms with van der Waals surface area (Å²) in [6.45, 7) is 1.97. The van der Waals surface area contributed by atoms with Crippen molar-refractivity contribution in [2.45, 2.75) is 57.0 Å². The van der Waals surface area contributed by atoms with Gasteiger partial charge in [-0.05, 0) is 91.8 Å². The van der Waals surface area contributed by atoms with Gasteiger partial charge in [-0.2, -0.15) is 0 Å². The lowest BCUT2D eigenvalue weighted by atomic mass is 9.54. The van der Waals surface area contributed by atoms with Crippen LogP contribution >= 0.6 is 0 Å². The molecule has 164 valence electrons. The molecule has 2 N–H and O–H groups in total. The van der Waals surface area contributed by atoms with Crippen molar-refractivity contribution >= 4 is 11.6 Å². The van der Waals surface area contributed by atoms with Gasteiger partial charge in [-0.25, -0.2) is 0 Å². The maximum Gasteiger partial charge on any atom is 0.255 e. The summed E-state index contributed by atoms with van der Waals surface area (Å²) in [5, 5.41) is 13.4. The van der Waals surface area contributed by atoms with Crippen LogP contribution in [0.1, 0.15) is 58.3 Å². The van der Waals surface area contributed by atoms with E-state index in [9.17, 15) is 9.90 Å². The highest BCUT2D eigenvalue weighted by molar-refractivity contribution is 6.04. The summed E-state index contributed by atoms with van der Waals surface area (Å²) >= 11 is 0. The van der Waals surface area contributed by atoms with Crippen molar-refractivity contribution in [2.75, 3.05) is 5.32 Å². The Morgan fingerprint density at radius 3 is 2.81 bits per heavy atom. The Kier molecular flexibility index (Phi) is 5.56. The van der Waals surface area contributed by atoms with E-state index in [1.807, 2.05) is 19.1 Å². The number of benzene rings is 2. The lowest BCUT2D eigenvalue weighted by molar-refractivity contribution is 0.0406. The molecule has 0 aliphatic heterocycles. The van der Waals surface area contributed by atoms with Crippen molar-refractivity contribution in [1.82, 2.24) is 4.98 Å². The molecule has 5 rings (SSSR count). The predicted octanol–water partition coefficient (Wildman–Crippen LogP) is 5.23. The molecule has 1 amide bonds. The van der Waals surface area contributed by atoms with Gasteiger partial charge < -0.3 is 10.4 Å². The van der Waals surface area contributed by atoms with Crippen LogP contribution in [0.5, 0.6) is 0 Å². The molecule has 1 saturated carbocycles. The molecule has 32 heavy (non-hydrogen) atoms. The summed E-state index contributed by atoms with van der Waals surface area (Å²) < 4.78 is 0. The Morgan fingerprint density at radius 2 is 2.00 bits per heavy atom. The molecule has 3 aromatic rings. The number of aryl methyl sites for hydroxylation is 2.